The number of rotatable bonds is 7. The molecule has 0 aliphatic heterocycles. The molecule has 51 heavy (non-hydrogen) atoms. The molecule has 263 valence electrons. The van der Waals surface area contributed by atoms with E-state index in [4.69, 9.17) is 4.65 Å². The Bertz CT molecular complexity index is 1570. The smallest absolute Gasteiger partial charge is 0.108 e. The molecule has 0 amide bonds. The fourth-order valence-corrected chi connectivity index (χ4v) is 7.11. The fourth-order valence-electron chi connectivity index (χ4n) is 5.57. The van der Waals surface area contributed by atoms with Crippen LogP contribution in [0.4, 0.5) is 0 Å². The van der Waals surface area contributed by atoms with Gasteiger partial charge in [-0.05, 0) is 44.2 Å². The second-order valence-corrected chi connectivity index (χ2v) is 16.6. The van der Waals surface area contributed by atoms with Crippen LogP contribution in [0.1, 0.15) is 6.92 Å². The van der Waals surface area contributed by atoms with Gasteiger partial charge in [-0.25, -0.2) is 0 Å². The number of hydrogen-bond acceptors (Lipinski definition) is 0. The Hall–Kier alpha value is -3.89. The van der Waals surface area contributed by atoms with Crippen LogP contribution in [0.5, 0.6) is 0 Å². The van der Waals surface area contributed by atoms with Gasteiger partial charge in [0.25, 0.3) is 0 Å². The maximum atomic E-state index is 7.50. The normalized spacial score (nSPS) is 9.75. The van der Waals surface area contributed by atoms with Gasteiger partial charge in [-0.2, -0.15) is 21.9 Å². The van der Waals surface area contributed by atoms with Crippen molar-refractivity contribution >= 4 is 54.4 Å². The van der Waals surface area contributed by atoms with Crippen molar-refractivity contribution in [1.82, 2.24) is 0 Å². The Labute approximate surface area is 324 Å². The summed E-state index contributed by atoms with van der Waals surface area (Å²) < 4.78 is 7.50. The van der Waals surface area contributed by atoms with Gasteiger partial charge in [-0.15, -0.1) is 0 Å². The topological polar surface area (TPSA) is 19.9 Å². The summed E-state index contributed by atoms with van der Waals surface area (Å²) in [5.74, 6) is 0. The molecule has 6 aromatic carbocycles. The van der Waals surface area contributed by atoms with Crippen LogP contribution < -0.4 is 32.5 Å². The molecule has 0 heterocycles. The minimum Gasteiger partial charge on any atom is -0.195 e. The van der Waals surface area contributed by atoms with E-state index in [1.807, 2.05) is 6.92 Å². The third-order valence-electron chi connectivity index (χ3n) is 8.09. The molecule has 1 nitrogen and oxygen atoms in total. The molecule has 0 saturated heterocycles. The van der Waals surface area contributed by atoms with Crippen LogP contribution in [0, 0.1) is 6.65 Å². The van der Waals surface area contributed by atoms with Crippen LogP contribution in [0.15, 0.2) is 207 Å². The summed E-state index contributed by atoms with van der Waals surface area (Å²) in [4.78, 5) is 0. The van der Waals surface area contributed by atoms with E-state index in [9.17, 15) is 0 Å². The zero-order valence-corrected chi connectivity index (χ0v) is 34.7. The van der Waals surface area contributed by atoms with E-state index in [0.717, 1.165) is 5.57 Å². The van der Waals surface area contributed by atoms with Gasteiger partial charge in [-0.3, -0.25) is 0 Å². The third-order valence-corrected chi connectivity index (χ3v) is 10.8. The molecular formula is C46H50BIrOP2-. The molecule has 0 spiro atoms. The first-order valence-corrected chi connectivity index (χ1v) is 21.1. The molecule has 5 heteroatoms. The monoisotopic (exact) mass is 884 g/mol. The van der Waals surface area contributed by atoms with Gasteiger partial charge in [0.2, 0.25) is 0 Å². The minimum absolute atomic E-state index is 0. The van der Waals surface area contributed by atoms with Gasteiger partial charge in [0.1, 0.15) is 6.15 Å². The molecular weight excluding hydrogens is 833 g/mol. The third kappa shape index (κ3) is 14.7. The van der Waals surface area contributed by atoms with Crippen LogP contribution in [-0.2, 0) is 24.8 Å². The SMILES string of the molecule is C=CC(=C)C.CP(C)c1ccccc1.CP(C)c1ccccc1.[C-]#[O+].[Ir].c1ccc([B-](c2ccccc2)(c2ccccc2)c2ccccc2)cc1. The summed E-state index contributed by atoms with van der Waals surface area (Å²) in [5, 5.41) is 2.96. The van der Waals surface area contributed by atoms with Gasteiger partial charge in [0.05, 0.1) is 0 Å². The average molecular weight is 884 g/mol. The van der Waals surface area contributed by atoms with Crippen molar-refractivity contribution in [3.63, 3.8) is 0 Å². The van der Waals surface area contributed by atoms with E-state index in [1.54, 1.807) is 6.08 Å². The second kappa shape index (κ2) is 26.0. The molecule has 6 rings (SSSR count). The molecule has 0 saturated carbocycles. The van der Waals surface area contributed by atoms with Crippen molar-refractivity contribution in [3.05, 3.63) is 213 Å². The molecule has 0 bridgehead atoms. The largest absolute Gasteiger partial charge is 0.195 e. The minimum atomic E-state index is -1.22. The van der Waals surface area contributed by atoms with E-state index in [1.165, 1.54) is 32.5 Å². The van der Waals surface area contributed by atoms with E-state index in [0.29, 0.717) is 0 Å². The first-order chi connectivity index (χ1) is 24.3. The van der Waals surface area contributed by atoms with Crippen molar-refractivity contribution in [2.75, 3.05) is 26.7 Å². The number of allylic oxidation sites excluding steroid dienone is 2. The van der Waals surface area contributed by atoms with Gasteiger partial charge in [0, 0.05) is 20.1 Å². The number of hydrogen-bond donors (Lipinski definition) is 0. The maximum absolute atomic E-state index is 7.50. The first kappa shape index (κ1) is 45.1. The van der Waals surface area contributed by atoms with Crippen molar-refractivity contribution in [3.8, 4) is 0 Å². The summed E-state index contributed by atoms with van der Waals surface area (Å²) >= 11 is 0. The van der Waals surface area contributed by atoms with Crippen LogP contribution in [0.3, 0.4) is 0 Å². The zero-order valence-electron chi connectivity index (χ0n) is 30.5. The molecule has 1 radical (unpaired) electrons. The quantitative estimate of drug-likeness (QED) is 0.0503. The van der Waals surface area contributed by atoms with Gasteiger partial charge in [-0.1, -0.05) is 223 Å². The molecule has 0 unspecified atom stereocenters. The average Bonchev–Trinajstić information content (AvgIpc) is 3.19. The molecule has 6 aromatic rings. The van der Waals surface area contributed by atoms with Crippen molar-refractivity contribution < 1.29 is 24.8 Å². The van der Waals surface area contributed by atoms with Crippen molar-refractivity contribution in [2.24, 2.45) is 0 Å². The fraction of sp³-hybridized carbons (Fsp3) is 0.109. The Kier molecular flexibility index (Phi) is 23.0. The standard InChI is InChI=1S/C24H20B.2C8H11P.C5H8.CO.Ir/c1-5-13-21(14-6-1)25(22-15-7-2-8-16-22,23-17-9-3-10-18-23)24-19-11-4-12-20-24;2*1-9(2)8-6-4-3-5-7-8;1-4-5(2)3;1-2;/h1-20H;2*3-7H,1-2H3;4H,1-2H2,3H3;;/q-1;;;;;. The van der Waals surface area contributed by atoms with Crippen LogP contribution in [-0.4, -0.2) is 32.8 Å². The first-order valence-electron chi connectivity index (χ1n) is 16.6. The summed E-state index contributed by atoms with van der Waals surface area (Å²) in [7, 11) is 0.209. The Morgan fingerprint density at radius 1 is 0.471 bits per heavy atom. The predicted octanol–water partition coefficient (Wildman–Crippen LogP) is 8.88. The van der Waals surface area contributed by atoms with Crippen molar-refractivity contribution in [2.45, 2.75) is 6.92 Å². The van der Waals surface area contributed by atoms with E-state index < -0.39 is 6.15 Å². The van der Waals surface area contributed by atoms with Crippen LogP contribution in [0.25, 0.3) is 0 Å². The molecule has 0 fully saturated rings. The summed E-state index contributed by atoms with van der Waals surface area (Å²) in [5.41, 5.74) is 6.37. The maximum Gasteiger partial charge on any atom is 0.108 e. The van der Waals surface area contributed by atoms with Crippen LogP contribution in [0.2, 0.25) is 0 Å². The van der Waals surface area contributed by atoms with E-state index >= 15 is 0 Å². The van der Waals surface area contributed by atoms with Gasteiger partial charge in [0.15, 0.2) is 0 Å². The van der Waals surface area contributed by atoms with E-state index in [2.05, 4.69) is 228 Å². The summed E-state index contributed by atoms with van der Waals surface area (Å²) in [6, 6.07) is 64.8. The Morgan fingerprint density at radius 3 is 0.784 bits per heavy atom. The second-order valence-electron chi connectivity index (χ2n) is 12.0. The van der Waals surface area contributed by atoms with Gasteiger partial charge >= 0.3 is 11.3 Å². The zero-order chi connectivity index (χ0) is 36.6. The molecule has 0 atom stereocenters. The molecule has 0 aliphatic rings. The predicted molar refractivity (Wildman–Crippen MR) is 229 cm³/mol. The Balaban J connectivity index is 0.000000411. The summed E-state index contributed by atoms with van der Waals surface area (Å²) in [6.07, 6.45) is 0.507. The van der Waals surface area contributed by atoms with E-state index in [-0.39, 0.29) is 35.9 Å². The molecule has 0 aliphatic carbocycles. The number of benzene rings is 6. The summed E-state index contributed by atoms with van der Waals surface area (Å²) in [6.45, 7) is 22.5. The Morgan fingerprint density at radius 2 is 0.647 bits per heavy atom. The van der Waals surface area contributed by atoms with Gasteiger partial charge < -0.3 is 0 Å². The van der Waals surface area contributed by atoms with Crippen molar-refractivity contribution in [1.29, 1.82) is 0 Å². The molecule has 0 N–H and O–H groups in total. The van der Waals surface area contributed by atoms with Crippen LogP contribution >= 0.6 is 15.8 Å². The molecule has 0 aromatic heterocycles.